The fourth-order valence-electron chi connectivity index (χ4n) is 1.49. The largest absolute Gasteiger partial charge is 0.382 e. The predicted octanol–water partition coefficient (Wildman–Crippen LogP) is 2.05. The smallest absolute Gasteiger partial charge is 0.222 e. The van der Waals surface area contributed by atoms with Crippen molar-refractivity contribution in [1.29, 1.82) is 5.26 Å². The number of amides is 1. The van der Waals surface area contributed by atoms with E-state index in [1.54, 1.807) is 0 Å². The summed E-state index contributed by atoms with van der Waals surface area (Å²) in [5.41, 5.74) is 2.50. The van der Waals surface area contributed by atoms with Gasteiger partial charge in [0.1, 0.15) is 6.07 Å². The number of hydrogen-bond donors (Lipinski definition) is 2. The zero-order valence-corrected chi connectivity index (χ0v) is 11.1. The zero-order chi connectivity index (χ0) is 13.5. The lowest BCUT2D eigenvalue weighted by atomic mass is 10.1. The Bertz CT molecular complexity index is 461. The van der Waals surface area contributed by atoms with Gasteiger partial charge in [-0.3, -0.25) is 4.79 Å². The van der Waals surface area contributed by atoms with Crippen molar-refractivity contribution in [1.82, 2.24) is 5.32 Å². The molecular weight excluding hydrogens is 226 g/mol. The van der Waals surface area contributed by atoms with Gasteiger partial charge in [0, 0.05) is 19.0 Å². The van der Waals surface area contributed by atoms with Crippen LogP contribution in [0.25, 0.3) is 0 Å². The van der Waals surface area contributed by atoms with Crippen LogP contribution in [0, 0.1) is 24.2 Å². The first kappa shape index (κ1) is 14.0. The lowest BCUT2D eigenvalue weighted by Crippen LogP contribution is -2.31. The summed E-state index contributed by atoms with van der Waals surface area (Å²) in [6.45, 7) is 6.83. The summed E-state index contributed by atoms with van der Waals surface area (Å²) < 4.78 is 0. The molecule has 1 rings (SSSR count). The van der Waals surface area contributed by atoms with Crippen LogP contribution in [-0.2, 0) is 4.79 Å². The number of hydrogen-bond acceptors (Lipinski definition) is 3. The average Bonchev–Trinajstić information content (AvgIpc) is 2.35. The van der Waals surface area contributed by atoms with Crippen molar-refractivity contribution in [3.63, 3.8) is 0 Å². The minimum absolute atomic E-state index is 0.000885. The molecule has 0 radical (unpaired) electrons. The zero-order valence-electron chi connectivity index (χ0n) is 11.1. The molecular formula is C14H19N3O. The van der Waals surface area contributed by atoms with Gasteiger partial charge in [0.25, 0.3) is 0 Å². The molecule has 0 aliphatic rings. The molecule has 0 saturated heterocycles. The van der Waals surface area contributed by atoms with E-state index in [-0.39, 0.29) is 11.8 Å². The molecule has 2 N–H and O–H groups in total. The lowest BCUT2D eigenvalue weighted by Gasteiger charge is -2.10. The monoisotopic (exact) mass is 245 g/mol. The molecule has 0 aliphatic heterocycles. The Hall–Kier alpha value is -2.02. The minimum Gasteiger partial charge on any atom is -0.382 e. The lowest BCUT2D eigenvalue weighted by molar-refractivity contribution is -0.123. The number of nitrogens with zero attached hydrogens (tertiary/aromatic N) is 1. The van der Waals surface area contributed by atoms with Gasteiger partial charge in [-0.05, 0) is 24.6 Å². The van der Waals surface area contributed by atoms with Crippen LogP contribution < -0.4 is 10.6 Å². The van der Waals surface area contributed by atoms with Crippen LogP contribution in [0.2, 0.25) is 0 Å². The van der Waals surface area contributed by atoms with Gasteiger partial charge >= 0.3 is 0 Å². The van der Waals surface area contributed by atoms with E-state index in [1.807, 2.05) is 39.0 Å². The van der Waals surface area contributed by atoms with Gasteiger partial charge in [0.15, 0.2) is 0 Å². The van der Waals surface area contributed by atoms with Gasteiger partial charge in [0.05, 0.1) is 11.3 Å². The molecule has 0 heterocycles. The summed E-state index contributed by atoms with van der Waals surface area (Å²) in [6.07, 6.45) is 0. The van der Waals surface area contributed by atoms with Crippen LogP contribution in [0.3, 0.4) is 0 Å². The highest BCUT2D eigenvalue weighted by molar-refractivity contribution is 5.77. The Morgan fingerprint density at radius 3 is 2.72 bits per heavy atom. The molecule has 4 heteroatoms. The highest BCUT2D eigenvalue weighted by Gasteiger charge is 2.05. The summed E-state index contributed by atoms with van der Waals surface area (Å²) in [6, 6.07) is 7.84. The molecule has 1 amide bonds. The fourth-order valence-corrected chi connectivity index (χ4v) is 1.49. The van der Waals surface area contributed by atoms with Crippen molar-refractivity contribution < 1.29 is 4.79 Å². The third kappa shape index (κ3) is 4.10. The average molecular weight is 245 g/mol. The van der Waals surface area contributed by atoms with Gasteiger partial charge in [0.2, 0.25) is 5.91 Å². The molecule has 0 unspecified atom stereocenters. The Balaban J connectivity index is 2.45. The molecule has 96 valence electrons. The first-order valence-electron chi connectivity index (χ1n) is 6.07. The normalized spacial score (nSPS) is 9.94. The predicted molar refractivity (Wildman–Crippen MR) is 72.2 cm³/mol. The standard InChI is InChI=1S/C14H19N3O/c1-10(2)14(18)17-7-6-16-13-5-4-11(3)8-12(13)9-15/h4-5,8,10,16H,6-7H2,1-3H3,(H,17,18). The molecule has 18 heavy (non-hydrogen) atoms. The quantitative estimate of drug-likeness (QED) is 0.780. The third-order valence-electron chi connectivity index (χ3n) is 2.56. The van der Waals surface area contributed by atoms with Crippen molar-refractivity contribution in [3.8, 4) is 6.07 Å². The maximum absolute atomic E-state index is 11.3. The van der Waals surface area contributed by atoms with Crippen molar-refractivity contribution in [2.24, 2.45) is 5.92 Å². The number of carbonyl (C=O) groups is 1. The number of benzene rings is 1. The van der Waals surface area contributed by atoms with Gasteiger partial charge < -0.3 is 10.6 Å². The van der Waals surface area contributed by atoms with Crippen molar-refractivity contribution in [2.75, 3.05) is 18.4 Å². The molecule has 0 aliphatic carbocycles. The molecule has 0 atom stereocenters. The van der Waals surface area contributed by atoms with Crippen LogP contribution in [0.5, 0.6) is 0 Å². The number of aryl methyl sites for hydroxylation is 1. The van der Waals surface area contributed by atoms with Crippen molar-refractivity contribution >= 4 is 11.6 Å². The SMILES string of the molecule is Cc1ccc(NCCNC(=O)C(C)C)c(C#N)c1. The van der Waals surface area contributed by atoms with E-state index >= 15 is 0 Å². The van der Waals surface area contributed by atoms with Gasteiger partial charge in [-0.1, -0.05) is 19.9 Å². The topological polar surface area (TPSA) is 64.9 Å². The second kappa shape index (κ2) is 6.65. The van der Waals surface area contributed by atoms with Gasteiger partial charge in [-0.2, -0.15) is 5.26 Å². The Kier molecular flexibility index (Phi) is 5.19. The van der Waals surface area contributed by atoms with E-state index in [4.69, 9.17) is 5.26 Å². The van der Waals surface area contributed by atoms with Gasteiger partial charge in [-0.25, -0.2) is 0 Å². The molecule has 0 spiro atoms. The molecule has 4 nitrogen and oxygen atoms in total. The maximum Gasteiger partial charge on any atom is 0.222 e. The van der Waals surface area contributed by atoms with Crippen LogP contribution in [0.4, 0.5) is 5.69 Å². The first-order valence-corrected chi connectivity index (χ1v) is 6.07. The number of nitrogens with one attached hydrogen (secondary N) is 2. The number of nitriles is 1. The molecule has 0 fully saturated rings. The number of anilines is 1. The van der Waals surface area contributed by atoms with E-state index in [9.17, 15) is 4.79 Å². The van der Waals surface area contributed by atoms with E-state index in [2.05, 4.69) is 16.7 Å². The second-order valence-corrected chi connectivity index (χ2v) is 4.53. The van der Waals surface area contributed by atoms with Crippen LogP contribution >= 0.6 is 0 Å². The van der Waals surface area contributed by atoms with E-state index < -0.39 is 0 Å². The summed E-state index contributed by atoms with van der Waals surface area (Å²) in [7, 11) is 0. The van der Waals surface area contributed by atoms with E-state index in [1.165, 1.54) is 0 Å². The number of rotatable bonds is 5. The van der Waals surface area contributed by atoms with Crippen molar-refractivity contribution in [3.05, 3.63) is 29.3 Å². The molecule has 1 aromatic carbocycles. The van der Waals surface area contributed by atoms with Crippen LogP contribution in [-0.4, -0.2) is 19.0 Å². The molecule has 0 aromatic heterocycles. The van der Waals surface area contributed by atoms with E-state index in [0.717, 1.165) is 11.3 Å². The molecule has 0 bridgehead atoms. The molecule has 0 saturated carbocycles. The third-order valence-corrected chi connectivity index (χ3v) is 2.56. The Morgan fingerprint density at radius 1 is 1.39 bits per heavy atom. The first-order chi connectivity index (χ1) is 8.54. The Labute approximate surface area is 108 Å². The highest BCUT2D eigenvalue weighted by atomic mass is 16.1. The minimum atomic E-state index is -0.000885. The summed E-state index contributed by atoms with van der Waals surface area (Å²) in [5, 5.41) is 15.0. The Morgan fingerprint density at radius 2 is 2.11 bits per heavy atom. The van der Waals surface area contributed by atoms with Crippen LogP contribution in [0.1, 0.15) is 25.0 Å². The number of carbonyl (C=O) groups excluding carboxylic acids is 1. The van der Waals surface area contributed by atoms with Crippen LogP contribution in [0.15, 0.2) is 18.2 Å². The van der Waals surface area contributed by atoms with E-state index in [0.29, 0.717) is 18.7 Å². The highest BCUT2D eigenvalue weighted by Crippen LogP contribution is 2.15. The van der Waals surface area contributed by atoms with Crippen molar-refractivity contribution in [2.45, 2.75) is 20.8 Å². The fraction of sp³-hybridized carbons (Fsp3) is 0.429. The summed E-state index contributed by atoms with van der Waals surface area (Å²) >= 11 is 0. The van der Waals surface area contributed by atoms with Gasteiger partial charge in [-0.15, -0.1) is 0 Å². The molecule has 1 aromatic rings. The second-order valence-electron chi connectivity index (χ2n) is 4.53. The maximum atomic E-state index is 11.3. The summed E-state index contributed by atoms with van der Waals surface area (Å²) in [5.74, 6) is 0.0419. The summed E-state index contributed by atoms with van der Waals surface area (Å²) in [4.78, 5) is 11.3.